The lowest BCUT2D eigenvalue weighted by molar-refractivity contribution is -0.0148. The van der Waals surface area contributed by atoms with Crippen molar-refractivity contribution in [2.24, 2.45) is 5.92 Å². The molecule has 2 bridgehead atoms. The van der Waals surface area contributed by atoms with Crippen molar-refractivity contribution in [3.63, 3.8) is 0 Å². The van der Waals surface area contributed by atoms with E-state index in [4.69, 9.17) is 4.74 Å². The van der Waals surface area contributed by atoms with Crippen LogP contribution in [0.25, 0.3) is 0 Å². The zero-order chi connectivity index (χ0) is 13.4. The van der Waals surface area contributed by atoms with Crippen LogP contribution in [0.4, 0.5) is 5.69 Å². The molecule has 2 unspecified atom stereocenters. The summed E-state index contributed by atoms with van der Waals surface area (Å²) >= 11 is 0. The predicted molar refractivity (Wildman–Crippen MR) is 75.7 cm³/mol. The second-order valence-corrected chi connectivity index (χ2v) is 5.90. The Labute approximate surface area is 114 Å². The molecule has 0 N–H and O–H groups in total. The first-order valence-electron chi connectivity index (χ1n) is 7.11. The Morgan fingerprint density at radius 2 is 1.79 bits per heavy atom. The number of para-hydroxylation sites is 1. The molecule has 3 nitrogen and oxygen atoms in total. The summed E-state index contributed by atoms with van der Waals surface area (Å²) in [5, 5.41) is 0. The molecule has 0 saturated carbocycles. The standard InChI is InChI=1S/C16H21NO2/c1-17(2)15-6-4-3-5-14(15)16(18)11-9-12-7-8-13(10-11)19-12/h3-6,11-13H,7-10H2,1-2H3. The van der Waals surface area contributed by atoms with Crippen molar-refractivity contribution in [1.29, 1.82) is 0 Å². The molecular formula is C16H21NO2. The van der Waals surface area contributed by atoms with E-state index in [0.717, 1.165) is 36.9 Å². The molecule has 2 fully saturated rings. The van der Waals surface area contributed by atoms with Crippen LogP contribution in [0.5, 0.6) is 0 Å². The van der Waals surface area contributed by atoms with E-state index in [9.17, 15) is 4.79 Å². The number of benzene rings is 1. The van der Waals surface area contributed by atoms with Crippen LogP contribution < -0.4 is 4.90 Å². The third-order valence-corrected chi connectivity index (χ3v) is 4.31. The fraction of sp³-hybridized carbons (Fsp3) is 0.562. The van der Waals surface area contributed by atoms with E-state index in [0.29, 0.717) is 18.0 Å². The molecule has 2 atom stereocenters. The van der Waals surface area contributed by atoms with Crippen LogP contribution in [-0.2, 0) is 4.74 Å². The van der Waals surface area contributed by atoms with E-state index in [2.05, 4.69) is 0 Å². The van der Waals surface area contributed by atoms with Gasteiger partial charge in [0, 0.05) is 31.3 Å². The highest BCUT2D eigenvalue weighted by Crippen LogP contribution is 2.38. The molecule has 0 amide bonds. The Morgan fingerprint density at radius 1 is 1.16 bits per heavy atom. The summed E-state index contributed by atoms with van der Waals surface area (Å²) in [6.07, 6.45) is 4.69. The third-order valence-electron chi connectivity index (χ3n) is 4.31. The van der Waals surface area contributed by atoms with Crippen molar-refractivity contribution in [3.05, 3.63) is 29.8 Å². The maximum absolute atomic E-state index is 12.8. The van der Waals surface area contributed by atoms with Gasteiger partial charge in [-0.2, -0.15) is 0 Å². The van der Waals surface area contributed by atoms with Gasteiger partial charge in [-0.05, 0) is 37.8 Å². The highest BCUT2D eigenvalue weighted by atomic mass is 16.5. The zero-order valence-electron chi connectivity index (χ0n) is 11.6. The number of ketones is 1. The van der Waals surface area contributed by atoms with Crippen LogP contribution >= 0.6 is 0 Å². The SMILES string of the molecule is CN(C)c1ccccc1C(=O)C1CC2CCC(C1)O2. The monoisotopic (exact) mass is 259 g/mol. The second-order valence-electron chi connectivity index (χ2n) is 5.90. The average Bonchev–Trinajstić information content (AvgIpc) is 2.76. The predicted octanol–water partition coefficient (Wildman–Crippen LogP) is 2.89. The molecule has 19 heavy (non-hydrogen) atoms. The van der Waals surface area contributed by atoms with E-state index in [1.165, 1.54) is 0 Å². The summed E-state index contributed by atoms with van der Waals surface area (Å²) in [6, 6.07) is 7.91. The van der Waals surface area contributed by atoms with Crippen molar-refractivity contribution in [2.45, 2.75) is 37.9 Å². The number of ether oxygens (including phenoxy) is 1. The fourth-order valence-corrected chi connectivity index (χ4v) is 3.36. The molecule has 0 spiro atoms. The van der Waals surface area contributed by atoms with Crippen molar-refractivity contribution in [3.8, 4) is 0 Å². The first-order chi connectivity index (χ1) is 9.15. The molecule has 2 aliphatic rings. The number of carbonyl (C=O) groups excluding carboxylic acids is 1. The van der Waals surface area contributed by atoms with Crippen LogP contribution in [0.2, 0.25) is 0 Å². The summed E-state index contributed by atoms with van der Waals surface area (Å²) in [5.41, 5.74) is 1.88. The Hall–Kier alpha value is -1.35. The van der Waals surface area contributed by atoms with Gasteiger partial charge in [-0.15, -0.1) is 0 Å². The van der Waals surface area contributed by atoms with Gasteiger partial charge in [0.1, 0.15) is 0 Å². The minimum absolute atomic E-state index is 0.146. The van der Waals surface area contributed by atoms with Gasteiger partial charge in [-0.3, -0.25) is 4.79 Å². The molecule has 102 valence electrons. The minimum atomic E-state index is 0.146. The zero-order valence-corrected chi connectivity index (χ0v) is 11.6. The molecular weight excluding hydrogens is 238 g/mol. The van der Waals surface area contributed by atoms with Crippen molar-refractivity contribution >= 4 is 11.5 Å². The van der Waals surface area contributed by atoms with Crippen LogP contribution in [0.15, 0.2) is 24.3 Å². The Kier molecular flexibility index (Phi) is 3.31. The molecule has 3 heteroatoms. The molecule has 1 aromatic carbocycles. The number of hydrogen-bond donors (Lipinski definition) is 0. The topological polar surface area (TPSA) is 29.5 Å². The number of anilines is 1. The smallest absolute Gasteiger partial charge is 0.168 e. The third kappa shape index (κ3) is 2.39. The maximum atomic E-state index is 12.8. The van der Waals surface area contributed by atoms with Gasteiger partial charge in [-0.25, -0.2) is 0 Å². The van der Waals surface area contributed by atoms with Gasteiger partial charge in [0.05, 0.1) is 12.2 Å². The molecule has 2 aliphatic heterocycles. The Morgan fingerprint density at radius 3 is 2.42 bits per heavy atom. The quantitative estimate of drug-likeness (QED) is 0.782. The number of hydrogen-bond acceptors (Lipinski definition) is 3. The number of Topliss-reactive ketones (excluding diaryl/α,β-unsaturated/α-hetero) is 1. The first kappa shape index (κ1) is 12.7. The van der Waals surface area contributed by atoms with Crippen LogP contribution in [0.1, 0.15) is 36.0 Å². The summed E-state index contributed by atoms with van der Waals surface area (Å²) in [7, 11) is 3.97. The Bertz CT molecular complexity index is 471. The minimum Gasteiger partial charge on any atom is -0.377 e. The van der Waals surface area contributed by atoms with E-state index in [1.807, 2.05) is 43.3 Å². The van der Waals surface area contributed by atoms with Crippen molar-refractivity contribution in [2.75, 3.05) is 19.0 Å². The summed E-state index contributed by atoms with van der Waals surface area (Å²) in [4.78, 5) is 14.8. The van der Waals surface area contributed by atoms with Gasteiger partial charge in [0.25, 0.3) is 0 Å². The van der Waals surface area contributed by atoms with Gasteiger partial charge in [-0.1, -0.05) is 12.1 Å². The number of rotatable bonds is 3. The van der Waals surface area contributed by atoms with Gasteiger partial charge in [0.2, 0.25) is 0 Å². The largest absolute Gasteiger partial charge is 0.377 e. The summed E-state index contributed by atoms with van der Waals surface area (Å²) in [6.45, 7) is 0. The normalized spacial score (nSPS) is 29.3. The molecule has 2 saturated heterocycles. The van der Waals surface area contributed by atoms with E-state index in [-0.39, 0.29) is 5.92 Å². The van der Waals surface area contributed by atoms with Gasteiger partial charge >= 0.3 is 0 Å². The lowest BCUT2D eigenvalue weighted by atomic mass is 9.87. The number of fused-ring (bicyclic) bond motifs is 2. The number of carbonyl (C=O) groups is 1. The maximum Gasteiger partial charge on any atom is 0.168 e. The van der Waals surface area contributed by atoms with Gasteiger partial charge < -0.3 is 9.64 Å². The van der Waals surface area contributed by atoms with Crippen LogP contribution in [-0.4, -0.2) is 32.1 Å². The summed E-state index contributed by atoms with van der Waals surface area (Å²) in [5.74, 6) is 0.442. The number of nitrogens with zero attached hydrogens (tertiary/aromatic N) is 1. The lowest BCUT2D eigenvalue weighted by Gasteiger charge is -2.28. The Balaban J connectivity index is 1.84. The summed E-state index contributed by atoms with van der Waals surface area (Å²) < 4.78 is 5.83. The molecule has 3 rings (SSSR count). The highest BCUT2D eigenvalue weighted by Gasteiger charge is 2.38. The molecule has 2 heterocycles. The molecule has 0 radical (unpaired) electrons. The lowest BCUT2D eigenvalue weighted by Crippen LogP contribution is -2.30. The van der Waals surface area contributed by atoms with Crippen molar-refractivity contribution < 1.29 is 9.53 Å². The average molecular weight is 259 g/mol. The highest BCUT2D eigenvalue weighted by molar-refractivity contribution is 6.02. The van der Waals surface area contributed by atoms with Crippen molar-refractivity contribution in [1.82, 2.24) is 0 Å². The van der Waals surface area contributed by atoms with E-state index >= 15 is 0 Å². The van der Waals surface area contributed by atoms with E-state index < -0.39 is 0 Å². The van der Waals surface area contributed by atoms with Crippen LogP contribution in [0, 0.1) is 5.92 Å². The second kappa shape index (κ2) is 4.97. The molecule has 0 aromatic heterocycles. The first-order valence-corrected chi connectivity index (χ1v) is 7.11. The molecule has 0 aliphatic carbocycles. The van der Waals surface area contributed by atoms with E-state index in [1.54, 1.807) is 0 Å². The fourth-order valence-electron chi connectivity index (χ4n) is 3.36. The molecule has 1 aromatic rings. The van der Waals surface area contributed by atoms with Gasteiger partial charge in [0.15, 0.2) is 5.78 Å². The van der Waals surface area contributed by atoms with Crippen LogP contribution in [0.3, 0.4) is 0 Å².